The van der Waals surface area contributed by atoms with E-state index in [0.717, 1.165) is 30.9 Å². The predicted molar refractivity (Wildman–Crippen MR) is 69.9 cm³/mol. The summed E-state index contributed by atoms with van der Waals surface area (Å²) in [5, 5.41) is 7.40. The van der Waals surface area contributed by atoms with Gasteiger partial charge in [-0.1, -0.05) is 0 Å². The number of nitrogens with one attached hydrogen (secondary N) is 2. The minimum absolute atomic E-state index is 0.412. The molecule has 0 saturated carbocycles. The van der Waals surface area contributed by atoms with Crippen molar-refractivity contribution in [2.45, 2.75) is 19.9 Å². The summed E-state index contributed by atoms with van der Waals surface area (Å²) >= 11 is 0. The minimum atomic E-state index is 0.412. The zero-order chi connectivity index (χ0) is 12.8. The Morgan fingerprint density at radius 3 is 3.06 bits per heavy atom. The molecule has 0 fully saturated rings. The molecule has 0 unspecified atom stereocenters. The molecule has 0 spiro atoms. The van der Waals surface area contributed by atoms with Crippen molar-refractivity contribution in [1.29, 1.82) is 0 Å². The molecule has 0 aliphatic heterocycles. The molecule has 0 aliphatic carbocycles. The number of anilines is 2. The summed E-state index contributed by atoms with van der Waals surface area (Å²) < 4.78 is 1.90. The van der Waals surface area contributed by atoms with Gasteiger partial charge < -0.3 is 5.32 Å². The van der Waals surface area contributed by atoms with Crippen LogP contribution in [0.1, 0.15) is 12.0 Å². The van der Waals surface area contributed by atoms with Crippen LogP contribution < -0.4 is 16.6 Å². The molecule has 2 aromatic rings. The number of aryl methyl sites for hydroxylation is 2. The summed E-state index contributed by atoms with van der Waals surface area (Å²) in [6, 6.07) is 1.92. The summed E-state index contributed by atoms with van der Waals surface area (Å²) in [7, 11) is 0. The van der Waals surface area contributed by atoms with Gasteiger partial charge in [-0.15, -0.1) is 0 Å². The first-order chi connectivity index (χ1) is 8.79. The molecule has 18 heavy (non-hydrogen) atoms. The fourth-order valence-electron chi connectivity index (χ4n) is 1.57. The number of hydrogen-bond donors (Lipinski definition) is 3. The van der Waals surface area contributed by atoms with Crippen molar-refractivity contribution in [2.24, 2.45) is 5.84 Å². The zero-order valence-corrected chi connectivity index (χ0v) is 10.3. The van der Waals surface area contributed by atoms with E-state index in [1.807, 2.05) is 23.9 Å². The third kappa shape index (κ3) is 3.17. The number of nitrogen functional groups attached to an aromatic ring is 1. The van der Waals surface area contributed by atoms with Gasteiger partial charge in [0.05, 0.1) is 0 Å². The van der Waals surface area contributed by atoms with E-state index in [1.165, 1.54) is 0 Å². The standard InChI is InChI=1S/C11H17N7/c1-9-8-14-11(17-12)16-10(9)13-4-2-6-18-7-3-5-15-18/h3,5,7-8H,2,4,6,12H2,1H3,(H2,13,14,16,17). The number of hydrogen-bond acceptors (Lipinski definition) is 6. The fraction of sp³-hybridized carbons (Fsp3) is 0.364. The second-order valence-corrected chi connectivity index (χ2v) is 3.92. The number of rotatable bonds is 6. The smallest absolute Gasteiger partial charge is 0.239 e. The summed E-state index contributed by atoms with van der Waals surface area (Å²) in [5.74, 6) is 6.49. The molecular weight excluding hydrogens is 230 g/mol. The third-order valence-electron chi connectivity index (χ3n) is 2.52. The van der Waals surface area contributed by atoms with E-state index in [0.29, 0.717) is 5.95 Å². The van der Waals surface area contributed by atoms with E-state index < -0.39 is 0 Å². The maximum atomic E-state index is 5.27. The first kappa shape index (κ1) is 12.3. The first-order valence-electron chi connectivity index (χ1n) is 5.81. The Hall–Kier alpha value is -2.15. The molecule has 2 heterocycles. The van der Waals surface area contributed by atoms with Crippen molar-refractivity contribution in [3.63, 3.8) is 0 Å². The van der Waals surface area contributed by atoms with Crippen molar-refractivity contribution < 1.29 is 0 Å². The van der Waals surface area contributed by atoms with Crippen LogP contribution in [0.4, 0.5) is 11.8 Å². The monoisotopic (exact) mass is 247 g/mol. The van der Waals surface area contributed by atoms with Gasteiger partial charge in [-0.25, -0.2) is 10.8 Å². The van der Waals surface area contributed by atoms with Crippen molar-refractivity contribution in [1.82, 2.24) is 19.7 Å². The van der Waals surface area contributed by atoms with Gasteiger partial charge >= 0.3 is 0 Å². The molecule has 0 bridgehead atoms. The van der Waals surface area contributed by atoms with Gasteiger partial charge in [0.25, 0.3) is 0 Å². The topological polar surface area (TPSA) is 93.7 Å². The Balaban J connectivity index is 1.82. The Morgan fingerprint density at radius 1 is 1.44 bits per heavy atom. The summed E-state index contributed by atoms with van der Waals surface area (Å²) in [6.45, 7) is 3.66. The molecule has 0 aromatic carbocycles. The lowest BCUT2D eigenvalue weighted by Crippen LogP contribution is -2.14. The van der Waals surface area contributed by atoms with Crippen LogP contribution in [-0.4, -0.2) is 26.3 Å². The molecule has 2 rings (SSSR count). The largest absolute Gasteiger partial charge is 0.370 e. The maximum Gasteiger partial charge on any atom is 0.239 e. The van der Waals surface area contributed by atoms with Crippen LogP contribution in [0.2, 0.25) is 0 Å². The van der Waals surface area contributed by atoms with Crippen LogP contribution in [0, 0.1) is 6.92 Å². The molecule has 4 N–H and O–H groups in total. The van der Waals surface area contributed by atoms with E-state index in [9.17, 15) is 0 Å². The summed E-state index contributed by atoms with van der Waals surface area (Å²) in [5.41, 5.74) is 3.42. The molecule has 2 aromatic heterocycles. The van der Waals surface area contributed by atoms with Crippen molar-refractivity contribution >= 4 is 11.8 Å². The second-order valence-electron chi connectivity index (χ2n) is 3.92. The van der Waals surface area contributed by atoms with Crippen LogP contribution in [0.3, 0.4) is 0 Å². The van der Waals surface area contributed by atoms with Gasteiger partial charge in [0.15, 0.2) is 0 Å². The quantitative estimate of drug-likeness (QED) is 0.396. The highest BCUT2D eigenvalue weighted by Gasteiger charge is 2.02. The number of aromatic nitrogens is 4. The maximum absolute atomic E-state index is 5.27. The lowest BCUT2D eigenvalue weighted by Gasteiger charge is -2.09. The van der Waals surface area contributed by atoms with E-state index in [-0.39, 0.29) is 0 Å². The van der Waals surface area contributed by atoms with Gasteiger partial charge in [-0.2, -0.15) is 10.1 Å². The highest BCUT2D eigenvalue weighted by Crippen LogP contribution is 2.11. The van der Waals surface area contributed by atoms with E-state index in [1.54, 1.807) is 12.4 Å². The summed E-state index contributed by atoms with van der Waals surface area (Å²) in [4.78, 5) is 8.27. The Bertz CT molecular complexity index is 480. The molecular formula is C11H17N7. The molecule has 7 nitrogen and oxygen atoms in total. The van der Waals surface area contributed by atoms with Crippen LogP contribution in [0.25, 0.3) is 0 Å². The lowest BCUT2D eigenvalue weighted by molar-refractivity contribution is 0.591. The zero-order valence-electron chi connectivity index (χ0n) is 10.3. The van der Waals surface area contributed by atoms with Gasteiger partial charge in [-0.3, -0.25) is 10.1 Å². The lowest BCUT2D eigenvalue weighted by atomic mass is 10.3. The molecule has 0 amide bonds. The van der Waals surface area contributed by atoms with E-state index in [4.69, 9.17) is 5.84 Å². The van der Waals surface area contributed by atoms with Crippen molar-refractivity contribution in [3.8, 4) is 0 Å². The average molecular weight is 247 g/mol. The van der Waals surface area contributed by atoms with E-state index in [2.05, 4.69) is 25.8 Å². The highest BCUT2D eigenvalue weighted by molar-refractivity contribution is 5.45. The molecule has 0 atom stereocenters. The molecule has 0 aliphatic rings. The van der Waals surface area contributed by atoms with Crippen LogP contribution in [0.15, 0.2) is 24.7 Å². The number of hydrazine groups is 1. The second kappa shape index (κ2) is 5.97. The van der Waals surface area contributed by atoms with Gasteiger partial charge in [-0.05, 0) is 19.4 Å². The Kier molecular flexibility index (Phi) is 4.08. The number of nitrogens with zero attached hydrogens (tertiary/aromatic N) is 4. The van der Waals surface area contributed by atoms with Crippen LogP contribution in [-0.2, 0) is 6.54 Å². The SMILES string of the molecule is Cc1cnc(NN)nc1NCCCn1cccn1. The van der Waals surface area contributed by atoms with Crippen LogP contribution in [0.5, 0.6) is 0 Å². The Morgan fingerprint density at radius 2 is 2.33 bits per heavy atom. The molecule has 0 saturated heterocycles. The normalized spacial score (nSPS) is 10.3. The van der Waals surface area contributed by atoms with Crippen LogP contribution >= 0.6 is 0 Å². The Labute approximate surface area is 105 Å². The molecule has 96 valence electrons. The highest BCUT2D eigenvalue weighted by atomic mass is 15.3. The fourth-order valence-corrected chi connectivity index (χ4v) is 1.57. The van der Waals surface area contributed by atoms with Crippen molar-refractivity contribution in [3.05, 3.63) is 30.2 Å². The van der Waals surface area contributed by atoms with Gasteiger partial charge in [0.2, 0.25) is 5.95 Å². The number of nitrogens with two attached hydrogens (primary N) is 1. The van der Waals surface area contributed by atoms with Gasteiger partial charge in [0.1, 0.15) is 5.82 Å². The average Bonchev–Trinajstić information content (AvgIpc) is 2.89. The molecule has 0 radical (unpaired) electrons. The third-order valence-corrected chi connectivity index (χ3v) is 2.52. The van der Waals surface area contributed by atoms with Gasteiger partial charge in [0, 0.05) is 37.2 Å². The molecule has 7 heteroatoms. The van der Waals surface area contributed by atoms with E-state index >= 15 is 0 Å². The summed E-state index contributed by atoms with van der Waals surface area (Å²) in [6.07, 6.45) is 6.43. The van der Waals surface area contributed by atoms with Crippen molar-refractivity contribution in [2.75, 3.05) is 17.3 Å². The predicted octanol–water partition coefficient (Wildman–Crippen LogP) is 0.769. The first-order valence-corrected chi connectivity index (χ1v) is 5.81. The minimum Gasteiger partial charge on any atom is -0.370 e.